The first-order valence-corrected chi connectivity index (χ1v) is 11.5. The zero-order valence-corrected chi connectivity index (χ0v) is 19.1. The summed E-state index contributed by atoms with van der Waals surface area (Å²) >= 11 is 1.32. The number of amides is 1. The van der Waals surface area contributed by atoms with Crippen molar-refractivity contribution >= 4 is 39.1 Å². The molecule has 0 radical (unpaired) electrons. The van der Waals surface area contributed by atoms with Crippen LogP contribution in [0, 0.1) is 11.8 Å². The van der Waals surface area contributed by atoms with Crippen LogP contribution in [0.5, 0.6) is 11.5 Å². The Bertz CT molecular complexity index is 1340. The van der Waals surface area contributed by atoms with Gasteiger partial charge in [0.1, 0.15) is 22.7 Å². The number of nitrogens with zero attached hydrogens (tertiary/aromatic N) is 2. The molecular weight excluding hydrogens is 444 g/mol. The Labute approximate surface area is 194 Å². The third kappa shape index (κ3) is 3.71. The summed E-state index contributed by atoms with van der Waals surface area (Å²) in [5, 5.41) is 1.88. The van der Waals surface area contributed by atoms with Crippen LogP contribution in [-0.2, 0) is 9.53 Å². The third-order valence-electron chi connectivity index (χ3n) is 5.66. The Morgan fingerprint density at radius 3 is 2.73 bits per heavy atom. The molecule has 4 heterocycles. The van der Waals surface area contributed by atoms with E-state index in [-0.39, 0.29) is 11.3 Å². The zero-order chi connectivity index (χ0) is 22.9. The highest BCUT2D eigenvalue weighted by atomic mass is 32.1. The van der Waals surface area contributed by atoms with Crippen molar-refractivity contribution < 1.29 is 23.4 Å². The van der Waals surface area contributed by atoms with E-state index in [9.17, 15) is 9.59 Å². The summed E-state index contributed by atoms with van der Waals surface area (Å²) in [5.41, 5.74) is 2.36. The molecule has 8 nitrogen and oxygen atoms in total. The van der Waals surface area contributed by atoms with Crippen LogP contribution in [0.25, 0.3) is 21.4 Å². The van der Waals surface area contributed by atoms with Crippen LogP contribution in [0.15, 0.2) is 32.8 Å². The molecule has 9 heteroatoms. The van der Waals surface area contributed by atoms with Gasteiger partial charge in [0, 0.05) is 35.7 Å². The van der Waals surface area contributed by atoms with Gasteiger partial charge in [-0.05, 0) is 25.0 Å². The van der Waals surface area contributed by atoms with Gasteiger partial charge in [0.25, 0.3) is 0 Å². The number of hydrogen-bond donors (Lipinski definition) is 0. The molecule has 33 heavy (non-hydrogen) atoms. The second-order valence-electron chi connectivity index (χ2n) is 7.53. The molecule has 2 aliphatic heterocycles. The molecule has 3 aromatic rings. The van der Waals surface area contributed by atoms with Crippen molar-refractivity contribution in [3.63, 3.8) is 0 Å². The number of hydrogen-bond acceptors (Lipinski definition) is 8. The van der Waals surface area contributed by atoms with Gasteiger partial charge in [-0.15, -0.1) is 11.3 Å². The number of thiophene rings is 1. The van der Waals surface area contributed by atoms with Crippen LogP contribution in [-0.4, -0.2) is 52.5 Å². The number of carbonyl (C=O) groups excluding carboxylic acids is 1. The Hall–Kier alpha value is -3.48. The van der Waals surface area contributed by atoms with Crippen molar-refractivity contribution in [2.24, 2.45) is 0 Å². The summed E-state index contributed by atoms with van der Waals surface area (Å²) in [4.78, 5) is 29.1. The molecule has 1 saturated heterocycles. The summed E-state index contributed by atoms with van der Waals surface area (Å²) in [6.45, 7) is 4.83. The van der Waals surface area contributed by atoms with E-state index in [0.29, 0.717) is 78.4 Å². The number of morpholine rings is 1. The topological polar surface area (TPSA) is 81.5 Å². The van der Waals surface area contributed by atoms with Crippen molar-refractivity contribution in [3.8, 4) is 34.5 Å². The van der Waals surface area contributed by atoms with E-state index in [0.717, 1.165) is 5.56 Å². The Morgan fingerprint density at radius 2 is 1.97 bits per heavy atom. The molecule has 2 aromatic heterocycles. The highest BCUT2D eigenvalue weighted by Crippen LogP contribution is 2.48. The maximum absolute atomic E-state index is 12.9. The predicted octanol–water partition coefficient (Wildman–Crippen LogP) is 3.12. The maximum atomic E-state index is 12.9. The Morgan fingerprint density at radius 1 is 1.15 bits per heavy atom. The molecular formula is C24H22N2O6S. The SMILES string of the molecule is CC#CC(=O)N1CCOc2ccc(-c3csc4c(=O)cc(N5CCOCC5)oc34)c(OC)c21. The first-order chi connectivity index (χ1) is 16.1. The van der Waals surface area contributed by atoms with Crippen molar-refractivity contribution in [2.75, 3.05) is 56.4 Å². The van der Waals surface area contributed by atoms with Crippen LogP contribution in [0.2, 0.25) is 0 Å². The fourth-order valence-corrected chi connectivity index (χ4v) is 5.04. The molecule has 5 rings (SSSR count). The summed E-state index contributed by atoms with van der Waals surface area (Å²) < 4.78 is 23.8. The van der Waals surface area contributed by atoms with E-state index < -0.39 is 0 Å². The Kier molecular flexibility index (Phi) is 5.70. The van der Waals surface area contributed by atoms with E-state index in [2.05, 4.69) is 11.8 Å². The zero-order valence-electron chi connectivity index (χ0n) is 18.3. The lowest BCUT2D eigenvalue weighted by molar-refractivity contribution is -0.113. The van der Waals surface area contributed by atoms with E-state index in [1.165, 1.54) is 17.4 Å². The number of fused-ring (bicyclic) bond motifs is 2. The van der Waals surface area contributed by atoms with E-state index in [1.54, 1.807) is 25.0 Å². The number of carbonyl (C=O) groups is 1. The van der Waals surface area contributed by atoms with Gasteiger partial charge in [-0.3, -0.25) is 14.5 Å². The van der Waals surface area contributed by atoms with Gasteiger partial charge in [-0.25, -0.2) is 0 Å². The van der Waals surface area contributed by atoms with Gasteiger partial charge in [-0.2, -0.15) is 0 Å². The smallest absolute Gasteiger partial charge is 0.303 e. The summed E-state index contributed by atoms with van der Waals surface area (Å²) in [6, 6.07) is 5.20. The Balaban J connectivity index is 1.68. The molecule has 0 unspecified atom stereocenters. The molecule has 0 saturated carbocycles. The number of methoxy groups -OCH3 is 1. The summed E-state index contributed by atoms with van der Waals surface area (Å²) in [6.07, 6.45) is 0. The minimum Gasteiger partial charge on any atom is -0.494 e. The van der Waals surface area contributed by atoms with Crippen LogP contribution >= 0.6 is 11.3 Å². The quantitative estimate of drug-likeness (QED) is 0.549. The first kappa shape index (κ1) is 21.4. The van der Waals surface area contributed by atoms with Gasteiger partial charge in [-0.1, -0.05) is 5.92 Å². The van der Waals surface area contributed by atoms with E-state index >= 15 is 0 Å². The molecule has 1 aromatic carbocycles. The maximum Gasteiger partial charge on any atom is 0.303 e. The van der Waals surface area contributed by atoms with Gasteiger partial charge < -0.3 is 23.5 Å². The second kappa shape index (κ2) is 8.81. The second-order valence-corrected chi connectivity index (χ2v) is 8.41. The number of anilines is 2. The monoisotopic (exact) mass is 466 g/mol. The summed E-state index contributed by atoms with van der Waals surface area (Å²) in [5.74, 6) is 6.46. The average molecular weight is 467 g/mol. The largest absolute Gasteiger partial charge is 0.494 e. The molecule has 2 aliphatic rings. The van der Waals surface area contributed by atoms with Gasteiger partial charge in [0.15, 0.2) is 17.2 Å². The molecule has 0 aliphatic carbocycles. The standard InChI is InChI=1S/C24H22N2O6S/c1-3-4-19(28)26-9-12-31-18-6-5-15(22(29-2)21(18)26)16-14-33-24-17(27)13-20(32-23(16)24)25-7-10-30-11-8-25/h5-6,13-14H,7-12H2,1-2H3. The molecule has 1 fully saturated rings. The number of benzene rings is 1. The first-order valence-electron chi connectivity index (χ1n) is 10.6. The lowest BCUT2D eigenvalue weighted by atomic mass is 10.0. The van der Waals surface area contributed by atoms with Crippen molar-refractivity contribution in [2.45, 2.75) is 6.92 Å². The fourth-order valence-electron chi connectivity index (χ4n) is 4.14. The van der Waals surface area contributed by atoms with E-state index in [1.807, 2.05) is 16.3 Å². The fraction of sp³-hybridized carbons (Fsp3) is 0.333. The highest BCUT2D eigenvalue weighted by Gasteiger charge is 2.30. The number of rotatable bonds is 3. The predicted molar refractivity (Wildman–Crippen MR) is 127 cm³/mol. The normalized spacial score (nSPS) is 15.5. The van der Waals surface area contributed by atoms with Gasteiger partial charge >= 0.3 is 5.91 Å². The third-order valence-corrected chi connectivity index (χ3v) is 6.64. The average Bonchev–Trinajstić information content (AvgIpc) is 3.28. The summed E-state index contributed by atoms with van der Waals surface area (Å²) in [7, 11) is 1.55. The highest BCUT2D eigenvalue weighted by molar-refractivity contribution is 7.17. The molecule has 0 bridgehead atoms. The van der Waals surface area contributed by atoms with Gasteiger partial charge in [0.2, 0.25) is 5.43 Å². The molecule has 170 valence electrons. The minimum atomic E-state index is -0.325. The minimum absolute atomic E-state index is 0.0933. The molecule has 0 atom stereocenters. The van der Waals surface area contributed by atoms with Crippen LogP contribution in [0.1, 0.15) is 6.92 Å². The van der Waals surface area contributed by atoms with Gasteiger partial charge in [0.05, 0.1) is 26.9 Å². The molecule has 0 spiro atoms. The lowest BCUT2D eigenvalue weighted by Gasteiger charge is -2.30. The van der Waals surface area contributed by atoms with Crippen molar-refractivity contribution in [1.82, 2.24) is 0 Å². The van der Waals surface area contributed by atoms with Crippen molar-refractivity contribution in [1.29, 1.82) is 0 Å². The van der Waals surface area contributed by atoms with Crippen molar-refractivity contribution in [3.05, 3.63) is 33.8 Å². The van der Waals surface area contributed by atoms with Crippen LogP contribution in [0.3, 0.4) is 0 Å². The lowest BCUT2D eigenvalue weighted by Crippen LogP contribution is -2.37. The molecule has 0 N–H and O–H groups in total. The van der Waals surface area contributed by atoms with Crippen LogP contribution in [0.4, 0.5) is 11.6 Å². The molecule has 1 amide bonds. The number of ether oxygens (including phenoxy) is 3. The van der Waals surface area contributed by atoms with Crippen LogP contribution < -0.4 is 24.7 Å². The van der Waals surface area contributed by atoms with E-state index in [4.69, 9.17) is 18.6 Å².